The fraction of sp³-hybridized carbons (Fsp3) is 0.600. The summed E-state index contributed by atoms with van der Waals surface area (Å²) in [5.41, 5.74) is 0. The molecule has 0 rings (SSSR count). The topological polar surface area (TPSA) is 362 Å². The summed E-state index contributed by atoms with van der Waals surface area (Å²) in [6.45, 7) is -2.25. The largest absolute Gasteiger partial charge is 0.480 e. The van der Waals surface area contributed by atoms with Crippen molar-refractivity contribution in [2.24, 2.45) is 0 Å². The van der Waals surface area contributed by atoms with Crippen molar-refractivity contribution in [2.75, 3.05) is 39.3 Å². The molecule has 0 aromatic heterocycles. The van der Waals surface area contributed by atoms with Gasteiger partial charge in [0.05, 0.1) is 26.2 Å². The molecule has 18 heteroatoms. The maximum atomic E-state index is 10.6. The van der Waals surface area contributed by atoms with Gasteiger partial charge >= 0.3 is 23.9 Å². The maximum Gasteiger partial charge on any atom is 0.317 e. The van der Waals surface area contributed by atoms with Gasteiger partial charge in [0.1, 0.15) is 0 Å². The Labute approximate surface area is 182 Å². The summed E-state index contributed by atoms with van der Waals surface area (Å²) in [7, 11) is 0. The van der Waals surface area contributed by atoms with E-state index in [1.54, 1.807) is 0 Å². The number of hydrogen-bond acceptors (Lipinski definition) is 11. The Morgan fingerprint density at radius 3 is 0.786 bits per heavy atom. The van der Waals surface area contributed by atoms with Gasteiger partial charge in [-0.05, 0) is 0 Å². The van der Waals surface area contributed by atoms with Crippen molar-refractivity contribution in [2.45, 2.75) is 0 Å². The number of carboxylic acids is 4. The van der Waals surface area contributed by atoms with Crippen molar-refractivity contribution in [3.63, 3.8) is 0 Å². The third-order valence-electron chi connectivity index (χ3n) is 2.17. The van der Waals surface area contributed by atoms with E-state index in [0.717, 1.165) is 9.80 Å². The van der Waals surface area contributed by atoms with Crippen LogP contribution in [0.4, 0.5) is 0 Å². The molecule has 0 aromatic carbocycles. The minimum absolute atomic E-state index is 0. The molecular weight excluding hydrogens is 593 g/mol. The number of halogens is 1. The van der Waals surface area contributed by atoms with E-state index in [1.165, 1.54) is 0 Å². The first-order valence-electron chi connectivity index (χ1n) is 5.52. The second-order valence-corrected chi connectivity index (χ2v) is 4.00. The molecule has 28 heavy (non-hydrogen) atoms. The first-order valence-corrected chi connectivity index (χ1v) is 5.52. The second kappa shape index (κ2) is 30.3. The molecule has 0 spiro atoms. The Kier molecular flexibility index (Phi) is 60.8. The molecule has 0 saturated carbocycles. The van der Waals surface area contributed by atoms with Crippen molar-refractivity contribution < 1.29 is 66.1 Å². The number of nitrogens with zero attached hydrogens (tertiary/aromatic N) is 2. The van der Waals surface area contributed by atoms with E-state index in [-0.39, 0.29) is 82.8 Å². The molecule has 0 fully saturated rings. The predicted octanol–water partition coefficient (Wildman–Crippen LogP) is -1.67. The fourth-order valence-electron chi connectivity index (χ4n) is 1.48. The summed E-state index contributed by atoms with van der Waals surface area (Å²) in [5, 5.41) is 34.5. The van der Waals surface area contributed by atoms with E-state index in [4.69, 9.17) is 20.4 Å². The van der Waals surface area contributed by atoms with E-state index < -0.39 is 50.1 Å². The number of rotatable bonds is 11. The van der Waals surface area contributed by atoms with Gasteiger partial charge in [0.2, 0.25) is 0 Å². The molecule has 0 aliphatic rings. The summed E-state index contributed by atoms with van der Waals surface area (Å²) >= 11 is 0. The number of carbonyl (C=O) groups is 4. The summed E-state index contributed by atoms with van der Waals surface area (Å²) in [6.07, 6.45) is 0. The maximum absolute atomic E-state index is 10.6. The van der Waals surface area contributed by atoms with Crippen molar-refractivity contribution in [3.05, 3.63) is 0 Å². The molecule has 16 nitrogen and oxygen atoms in total. The van der Waals surface area contributed by atoms with Crippen molar-refractivity contribution in [1.82, 2.24) is 40.6 Å². The molecule has 0 saturated heterocycles. The minimum Gasteiger partial charge on any atom is -0.480 e. The Hall–Kier alpha value is -1.46. The Morgan fingerprint density at radius 2 is 0.679 bits per heavy atom. The van der Waals surface area contributed by atoms with Crippen LogP contribution in [0.1, 0.15) is 0 Å². The van der Waals surface area contributed by atoms with E-state index in [2.05, 4.69) is 0 Å². The molecule has 0 radical (unpaired) electrons. The van der Waals surface area contributed by atoms with Crippen LogP contribution in [0.15, 0.2) is 0 Å². The molecule has 0 aromatic rings. The molecule has 0 amide bonds. The summed E-state index contributed by atoms with van der Waals surface area (Å²) in [4.78, 5) is 44.4. The Balaban J connectivity index is -0.0000000645. The zero-order valence-electron chi connectivity index (χ0n) is 15.3. The average Bonchev–Trinajstić information content (AvgIpc) is 2.22. The van der Waals surface area contributed by atoms with Crippen LogP contribution in [0.2, 0.25) is 0 Å². The average molecular weight is 627 g/mol. The van der Waals surface area contributed by atoms with E-state index in [0.29, 0.717) is 0 Å². The van der Waals surface area contributed by atoms with Crippen molar-refractivity contribution in [3.8, 4) is 0 Å². The van der Waals surface area contributed by atoms with Crippen LogP contribution in [0.5, 0.6) is 0 Å². The van der Waals surface area contributed by atoms with Gasteiger partial charge in [0.15, 0.2) is 0 Å². The van der Waals surface area contributed by atoms with Crippen molar-refractivity contribution in [1.29, 1.82) is 0 Å². The zero-order valence-corrected chi connectivity index (χ0v) is 18.4. The zero-order chi connectivity index (χ0) is 15.7. The van der Waals surface area contributed by atoms with Crippen LogP contribution in [0.25, 0.3) is 0 Å². The number of carboxylic acid groups (broad SMARTS) is 4. The van der Waals surface area contributed by atoms with Crippen LogP contribution in [0, 0.1) is 0 Å². The molecule has 180 valence electrons. The van der Waals surface area contributed by atoms with Gasteiger partial charge in [-0.2, -0.15) is 0 Å². The van der Waals surface area contributed by atoms with E-state index in [1.807, 2.05) is 0 Å². The summed E-state index contributed by atoms with van der Waals surface area (Å²) < 4.78 is 0. The van der Waals surface area contributed by atoms with Crippen LogP contribution in [0.3, 0.4) is 0 Å². The molecule has 21 N–H and O–H groups in total. The SMILES string of the molecule is Cl.N.N.N.N.N.O.O=C(O)CN(CCN(CC(=O)O)CC(=O)O)CC(=O)O.[Pt]. The molecule has 0 heterocycles. The first-order chi connectivity index (χ1) is 9.20. The first kappa shape index (κ1) is 56.3. The van der Waals surface area contributed by atoms with E-state index in [9.17, 15) is 19.2 Å². The molecule has 0 aliphatic heterocycles. The Morgan fingerprint density at radius 1 is 0.536 bits per heavy atom. The molecule has 0 aliphatic carbocycles. The minimum atomic E-state index is -1.23. The standard InChI is InChI=1S/C10H16N2O8.ClH.5H3N.H2O.Pt/c13-7(14)3-11(4-8(15)16)1-2-12(5-9(17)18)6-10(19)20;;;;;;;;/h1-6H2,(H,13,14)(H,15,16)(H,17,18)(H,19,20);1H;5*1H3;1H2;. The summed E-state index contributed by atoms with van der Waals surface area (Å²) in [6, 6.07) is 0. The van der Waals surface area contributed by atoms with E-state index >= 15 is 0 Å². The molecule has 0 bridgehead atoms. The summed E-state index contributed by atoms with van der Waals surface area (Å²) in [5.74, 6) is -4.91. The monoisotopic (exact) mass is 626 g/mol. The van der Waals surface area contributed by atoms with Crippen LogP contribution in [-0.4, -0.2) is 98.8 Å². The normalized spacial score (nSPS) is 7.64. The van der Waals surface area contributed by atoms with Gasteiger partial charge in [-0.25, -0.2) is 0 Å². The fourth-order valence-corrected chi connectivity index (χ4v) is 1.48. The van der Waals surface area contributed by atoms with Crippen LogP contribution in [-0.2, 0) is 40.2 Å². The molecular formula is C10H34ClN7O9Pt. The van der Waals surface area contributed by atoms with Crippen molar-refractivity contribution >= 4 is 36.3 Å². The molecule has 0 atom stereocenters. The third-order valence-corrected chi connectivity index (χ3v) is 2.17. The van der Waals surface area contributed by atoms with Gasteiger partial charge in [0, 0.05) is 34.2 Å². The van der Waals surface area contributed by atoms with Gasteiger partial charge in [-0.1, -0.05) is 0 Å². The number of hydrogen-bond donors (Lipinski definition) is 9. The van der Waals surface area contributed by atoms with Crippen LogP contribution >= 0.6 is 12.4 Å². The predicted molar refractivity (Wildman–Crippen MR) is 99.4 cm³/mol. The van der Waals surface area contributed by atoms with Gasteiger partial charge in [0.25, 0.3) is 0 Å². The smallest absolute Gasteiger partial charge is 0.317 e. The number of aliphatic carboxylic acids is 4. The Bertz CT molecular complexity index is 341. The molecule has 0 unspecified atom stereocenters. The second-order valence-electron chi connectivity index (χ2n) is 4.00. The van der Waals surface area contributed by atoms with Gasteiger partial charge in [-0.3, -0.25) is 29.0 Å². The van der Waals surface area contributed by atoms with Gasteiger partial charge < -0.3 is 56.7 Å². The van der Waals surface area contributed by atoms with Gasteiger partial charge in [-0.15, -0.1) is 12.4 Å². The quantitative estimate of drug-likeness (QED) is 0.124. The van der Waals surface area contributed by atoms with Crippen LogP contribution < -0.4 is 30.8 Å². The third kappa shape index (κ3) is 35.6.